The molecule has 0 spiro atoms. The molecule has 0 saturated heterocycles. The van der Waals surface area contributed by atoms with Gasteiger partial charge in [0.2, 0.25) is 0 Å². The molecule has 1 aliphatic rings. The molecule has 0 fully saturated rings. The number of nitrogens with zero attached hydrogens (tertiary/aromatic N) is 2. The van der Waals surface area contributed by atoms with Crippen LogP contribution in [0.25, 0.3) is 6.08 Å². The number of nitriles is 1. The van der Waals surface area contributed by atoms with Crippen molar-refractivity contribution in [3.63, 3.8) is 0 Å². The summed E-state index contributed by atoms with van der Waals surface area (Å²) in [5.41, 5.74) is 3.29. The van der Waals surface area contributed by atoms with Crippen LogP contribution in [0, 0.1) is 18.3 Å². The van der Waals surface area contributed by atoms with Crippen LogP contribution in [0.4, 0.5) is 0 Å². The second-order valence-electron chi connectivity index (χ2n) is 8.55. The maximum Gasteiger partial charge on any atom is 0.271 e. The molecule has 0 unspecified atom stereocenters. The minimum Gasteiger partial charge on any atom is -0.490 e. The van der Waals surface area contributed by atoms with E-state index in [0.29, 0.717) is 35.9 Å². The molecule has 2 aromatic rings. The maximum absolute atomic E-state index is 13.4. The zero-order chi connectivity index (χ0) is 25.4. The Morgan fingerprint density at radius 3 is 2.34 bits per heavy atom. The zero-order valence-corrected chi connectivity index (χ0v) is 20.9. The fourth-order valence-corrected chi connectivity index (χ4v) is 3.85. The van der Waals surface area contributed by atoms with Gasteiger partial charge in [-0.15, -0.1) is 0 Å². The molecule has 6 nitrogen and oxygen atoms in total. The molecule has 0 bridgehead atoms. The summed E-state index contributed by atoms with van der Waals surface area (Å²) in [5, 5.41) is 9.66. The van der Waals surface area contributed by atoms with E-state index in [0.717, 1.165) is 40.9 Å². The minimum atomic E-state index is -0.571. The van der Waals surface area contributed by atoms with Gasteiger partial charge in [-0.3, -0.25) is 14.5 Å². The van der Waals surface area contributed by atoms with Gasteiger partial charge in [0.15, 0.2) is 11.5 Å². The summed E-state index contributed by atoms with van der Waals surface area (Å²) in [6.45, 7) is 8.83. The molecule has 2 amide bonds. The number of imide groups is 1. The van der Waals surface area contributed by atoms with Crippen molar-refractivity contribution in [2.75, 3.05) is 13.2 Å². The number of unbranched alkanes of at least 4 members (excludes halogenated alkanes) is 2. The van der Waals surface area contributed by atoms with Gasteiger partial charge in [0.05, 0.1) is 19.8 Å². The van der Waals surface area contributed by atoms with Crippen LogP contribution in [0.1, 0.15) is 56.7 Å². The molecule has 0 atom stereocenters. The number of hydrogen-bond donors (Lipinski definition) is 0. The number of amides is 2. The number of ether oxygens (including phenoxy) is 2. The fraction of sp³-hybridized carbons (Fsp3) is 0.345. The Morgan fingerprint density at radius 2 is 1.69 bits per heavy atom. The average Bonchev–Trinajstić information content (AvgIpc) is 2.85. The molecule has 0 N–H and O–H groups in total. The summed E-state index contributed by atoms with van der Waals surface area (Å²) < 4.78 is 11.7. The fourth-order valence-electron chi connectivity index (χ4n) is 3.85. The Bertz CT molecular complexity index is 1190. The number of carbonyl (C=O) groups excluding carboxylic acids is 2. The molecule has 1 aliphatic heterocycles. The van der Waals surface area contributed by atoms with Crippen molar-refractivity contribution < 1.29 is 19.1 Å². The summed E-state index contributed by atoms with van der Waals surface area (Å²) in [7, 11) is 0. The Morgan fingerprint density at radius 1 is 0.943 bits per heavy atom. The first-order valence-electron chi connectivity index (χ1n) is 12.0. The lowest BCUT2D eigenvalue weighted by Crippen LogP contribution is -2.42. The number of carbonyl (C=O) groups is 2. The molecule has 0 radical (unpaired) electrons. The molecule has 0 aliphatic carbocycles. The first-order valence-corrected chi connectivity index (χ1v) is 12.0. The maximum atomic E-state index is 13.4. The van der Waals surface area contributed by atoms with Gasteiger partial charge in [-0.25, -0.2) is 0 Å². The third-order valence-corrected chi connectivity index (χ3v) is 5.87. The van der Waals surface area contributed by atoms with Crippen molar-refractivity contribution >= 4 is 17.9 Å². The summed E-state index contributed by atoms with van der Waals surface area (Å²) in [6.07, 6.45) is 4.88. The van der Waals surface area contributed by atoms with Crippen LogP contribution >= 0.6 is 0 Å². The first-order chi connectivity index (χ1) is 16.9. The monoisotopic (exact) mass is 472 g/mol. The predicted molar refractivity (Wildman–Crippen MR) is 136 cm³/mol. The summed E-state index contributed by atoms with van der Waals surface area (Å²) >= 11 is 0. The highest BCUT2D eigenvalue weighted by Crippen LogP contribution is 2.32. The van der Waals surface area contributed by atoms with Crippen molar-refractivity contribution in [2.45, 2.75) is 53.5 Å². The van der Waals surface area contributed by atoms with E-state index in [1.807, 2.05) is 62.4 Å². The van der Waals surface area contributed by atoms with Crippen LogP contribution in [0.2, 0.25) is 0 Å². The lowest BCUT2D eigenvalue weighted by Gasteiger charge is -2.27. The lowest BCUT2D eigenvalue weighted by molar-refractivity contribution is -0.141. The second kappa shape index (κ2) is 12.0. The average molecular weight is 473 g/mol. The molecule has 35 heavy (non-hydrogen) atoms. The van der Waals surface area contributed by atoms with Crippen molar-refractivity contribution in [2.24, 2.45) is 0 Å². The molecule has 0 saturated carbocycles. The number of benzene rings is 2. The summed E-state index contributed by atoms with van der Waals surface area (Å²) in [5.74, 6) is 0.251. The van der Waals surface area contributed by atoms with E-state index < -0.39 is 11.8 Å². The van der Waals surface area contributed by atoms with Crippen molar-refractivity contribution in [1.82, 2.24) is 4.90 Å². The highest BCUT2D eigenvalue weighted by molar-refractivity contribution is 6.19. The first kappa shape index (κ1) is 25.8. The van der Waals surface area contributed by atoms with Crippen LogP contribution < -0.4 is 9.47 Å². The Kier molecular flexibility index (Phi) is 8.86. The van der Waals surface area contributed by atoms with Crippen LogP contribution in [-0.2, 0) is 16.1 Å². The van der Waals surface area contributed by atoms with Crippen molar-refractivity contribution in [1.29, 1.82) is 5.26 Å². The number of aryl methyl sites for hydroxylation is 1. The van der Waals surface area contributed by atoms with E-state index in [9.17, 15) is 14.9 Å². The molecule has 182 valence electrons. The van der Waals surface area contributed by atoms with Gasteiger partial charge in [0.1, 0.15) is 11.6 Å². The van der Waals surface area contributed by atoms with Crippen molar-refractivity contribution in [3.05, 3.63) is 75.9 Å². The molecular weight excluding hydrogens is 440 g/mol. The van der Waals surface area contributed by atoms with Gasteiger partial charge in [-0.05, 0) is 62.1 Å². The highest BCUT2D eigenvalue weighted by atomic mass is 16.5. The second-order valence-corrected chi connectivity index (χ2v) is 8.55. The topological polar surface area (TPSA) is 79.6 Å². The van der Waals surface area contributed by atoms with E-state index in [-0.39, 0.29) is 12.1 Å². The van der Waals surface area contributed by atoms with E-state index >= 15 is 0 Å². The predicted octanol–water partition coefficient (Wildman–Crippen LogP) is 5.76. The summed E-state index contributed by atoms with van der Waals surface area (Å²) in [4.78, 5) is 27.5. The van der Waals surface area contributed by atoms with Gasteiger partial charge in [-0.2, -0.15) is 5.26 Å². The SMILES string of the molecule is CCCCCOc1ccc(/C=C2/C(=O)N(Cc3ccc(C)cc3)C(=O)C(C#N)=C2C)cc1OCC. The van der Waals surface area contributed by atoms with Gasteiger partial charge >= 0.3 is 0 Å². The number of rotatable bonds is 10. The molecule has 1 heterocycles. The van der Waals surface area contributed by atoms with Gasteiger partial charge in [-0.1, -0.05) is 55.7 Å². The quantitative estimate of drug-likeness (QED) is 0.250. The van der Waals surface area contributed by atoms with Crippen LogP contribution in [0.3, 0.4) is 0 Å². The van der Waals surface area contributed by atoms with E-state index in [4.69, 9.17) is 9.47 Å². The normalized spacial score (nSPS) is 14.9. The van der Waals surface area contributed by atoms with Crippen molar-refractivity contribution in [3.8, 4) is 17.6 Å². The highest BCUT2D eigenvalue weighted by Gasteiger charge is 2.35. The molecule has 3 rings (SSSR count). The molecular formula is C29H32N2O4. The third-order valence-electron chi connectivity index (χ3n) is 5.87. The van der Waals surface area contributed by atoms with Crippen LogP contribution in [-0.4, -0.2) is 29.9 Å². The van der Waals surface area contributed by atoms with Gasteiger partial charge in [0, 0.05) is 5.57 Å². The summed E-state index contributed by atoms with van der Waals surface area (Å²) in [6, 6.07) is 15.1. The van der Waals surface area contributed by atoms with E-state index in [2.05, 4.69) is 6.92 Å². The van der Waals surface area contributed by atoms with E-state index in [1.165, 1.54) is 0 Å². The van der Waals surface area contributed by atoms with Crippen LogP contribution in [0.15, 0.2) is 59.2 Å². The lowest BCUT2D eigenvalue weighted by atomic mass is 9.93. The zero-order valence-electron chi connectivity index (χ0n) is 20.9. The van der Waals surface area contributed by atoms with Gasteiger partial charge < -0.3 is 9.47 Å². The number of hydrogen-bond acceptors (Lipinski definition) is 5. The Labute approximate surface area is 207 Å². The van der Waals surface area contributed by atoms with E-state index in [1.54, 1.807) is 13.0 Å². The minimum absolute atomic E-state index is 0.0242. The molecule has 6 heteroatoms. The molecule has 2 aromatic carbocycles. The van der Waals surface area contributed by atoms with Crippen LogP contribution in [0.5, 0.6) is 11.5 Å². The standard InChI is InChI=1S/C29H32N2O4/c1-5-7-8-15-35-26-14-13-23(17-27(26)34-6-2)16-24-21(4)25(18-30)29(33)31(28(24)32)19-22-11-9-20(3)10-12-22/h9-14,16-17H,5-8,15,19H2,1-4H3/b24-16+. The third kappa shape index (κ3) is 6.19. The Balaban J connectivity index is 1.95. The smallest absolute Gasteiger partial charge is 0.271 e. The molecule has 0 aromatic heterocycles. The largest absolute Gasteiger partial charge is 0.490 e. The Hall–Kier alpha value is -3.85. The van der Waals surface area contributed by atoms with Gasteiger partial charge in [0.25, 0.3) is 11.8 Å².